The number of hydrogen-bond donors (Lipinski definition) is 0. The second-order valence-electron chi connectivity index (χ2n) is 4.54. The van der Waals surface area contributed by atoms with E-state index in [4.69, 9.17) is 4.74 Å². The van der Waals surface area contributed by atoms with Crippen molar-refractivity contribution in [3.05, 3.63) is 35.9 Å². The van der Waals surface area contributed by atoms with Gasteiger partial charge in [0.05, 0.1) is 7.11 Å². The van der Waals surface area contributed by atoms with Crippen LogP contribution in [0.2, 0.25) is 0 Å². The summed E-state index contributed by atoms with van der Waals surface area (Å²) in [6, 6.07) is 10.3. The summed E-state index contributed by atoms with van der Waals surface area (Å²) in [4.78, 5) is 13.9. The minimum atomic E-state index is -0.344. The first kappa shape index (κ1) is 12.6. The maximum atomic E-state index is 11.7. The van der Waals surface area contributed by atoms with E-state index in [2.05, 4.69) is 33.0 Å². The SMILES string of the molecule is COC(=O)C1(CBr)CN(Cc2ccccc2)C1. The van der Waals surface area contributed by atoms with Crippen LogP contribution in [0.1, 0.15) is 5.56 Å². The molecule has 0 saturated carbocycles. The van der Waals surface area contributed by atoms with Crippen LogP contribution in [0.4, 0.5) is 0 Å². The summed E-state index contributed by atoms with van der Waals surface area (Å²) in [5.74, 6) is -0.112. The Bertz CT molecular complexity index is 388. The van der Waals surface area contributed by atoms with Gasteiger partial charge in [0.15, 0.2) is 0 Å². The van der Waals surface area contributed by atoms with Gasteiger partial charge in [-0.25, -0.2) is 0 Å². The van der Waals surface area contributed by atoms with E-state index in [9.17, 15) is 4.79 Å². The number of carbonyl (C=O) groups excluding carboxylic acids is 1. The Morgan fingerprint density at radius 1 is 1.41 bits per heavy atom. The van der Waals surface area contributed by atoms with Gasteiger partial charge < -0.3 is 4.74 Å². The first-order valence-corrected chi connectivity index (χ1v) is 6.73. The number of ether oxygens (including phenoxy) is 1. The lowest BCUT2D eigenvalue weighted by Gasteiger charge is -2.47. The van der Waals surface area contributed by atoms with Gasteiger partial charge in [-0.3, -0.25) is 9.69 Å². The van der Waals surface area contributed by atoms with Crippen molar-refractivity contribution in [3.63, 3.8) is 0 Å². The van der Waals surface area contributed by atoms with Gasteiger partial charge in [-0.15, -0.1) is 0 Å². The van der Waals surface area contributed by atoms with Crippen molar-refractivity contribution in [2.45, 2.75) is 6.54 Å². The number of hydrogen-bond acceptors (Lipinski definition) is 3. The Hall–Kier alpha value is -0.870. The van der Waals surface area contributed by atoms with Gasteiger partial charge in [0.2, 0.25) is 0 Å². The first-order chi connectivity index (χ1) is 8.20. The molecule has 0 radical (unpaired) electrons. The molecule has 1 aliphatic rings. The van der Waals surface area contributed by atoms with Crippen molar-refractivity contribution < 1.29 is 9.53 Å². The van der Waals surface area contributed by atoms with Crippen molar-refractivity contribution in [3.8, 4) is 0 Å². The largest absolute Gasteiger partial charge is 0.468 e. The van der Waals surface area contributed by atoms with Crippen molar-refractivity contribution in [2.75, 3.05) is 25.5 Å². The first-order valence-electron chi connectivity index (χ1n) is 5.61. The quantitative estimate of drug-likeness (QED) is 0.629. The van der Waals surface area contributed by atoms with E-state index in [1.807, 2.05) is 18.2 Å². The maximum Gasteiger partial charge on any atom is 0.315 e. The fourth-order valence-corrected chi connectivity index (χ4v) is 2.83. The van der Waals surface area contributed by atoms with Crippen LogP contribution >= 0.6 is 15.9 Å². The number of esters is 1. The lowest BCUT2D eigenvalue weighted by molar-refractivity contribution is -0.162. The molecule has 0 spiro atoms. The molecule has 17 heavy (non-hydrogen) atoms. The van der Waals surface area contributed by atoms with Gasteiger partial charge in [-0.05, 0) is 5.56 Å². The van der Waals surface area contributed by atoms with Crippen LogP contribution in [0.3, 0.4) is 0 Å². The molecular weight excluding hydrogens is 282 g/mol. The molecule has 4 heteroatoms. The third kappa shape index (κ3) is 2.53. The minimum absolute atomic E-state index is 0.112. The number of nitrogens with zero attached hydrogens (tertiary/aromatic N) is 1. The Labute approximate surface area is 110 Å². The number of carbonyl (C=O) groups is 1. The second-order valence-corrected chi connectivity index (χ2v) is 5.10. The fraction of sp³-hybridized carbons (Fsp3) is 0.462. The number of alkyl halides is 1. The van der Waals surface area contributed by atoms with Gasteiger partial charge in [-0.1, -0.05) is 46.3 Å². The molecule has 0 aromatic heterocycles. The Balaban J connectivity index is 1.92. The van der Waals surface area contributed by atoms with Gasteiger partial charge in [-0.2, -0.15) is 0 Å². The zero-order valence-corrected chi connectivity index (χ0v) is 11.4. The highest BCUT2D eigenvalue weighted by molar-refractivity contribution is 9.09. The number of likely N-dealkylation sites (tertiary alicyclic amines) is 1. The fourth-order valence-electron chi connectivity index (χ4n) is 2.25. The highest BCUT2D eigenvalue weighted by atomic mass is 79.9. The Morgan fingerprint density at radius 3 is 2.59 bits per heavy atom. The van der Waals surface area contributed by atoms with Gasteiger partial charge >= 0.3 is 5.97 Å². The molecule has 1 aliphatic heterocycles. The van der Waals surface area contributed by atoms with E-state index < -0.39 is 0 Å². The molecule has 0 atom stereocenters. The van der Waals surface area contributed by atoms with Crippen molar-refractivity contribution in [2.24, 2.45) is 5.41 Å². The summed E-state index contributed by atoms with van der Waals surface area (Å²) in [7, 11) is 1.45. The van der Waals surface area contributed by atoms with E-state index in [-0.39, 0.29) is 11.4 Å². The number of halogens is 1. The van der Waals surface area contributed by atoms with Crippen LogP contribution < -0.4 is 0 Å². The van der Waals surface area contributed by atoms with Crippen LogP contribution in [-0.2, 0) is 16.1 Å². The molecule has 1 aromatic rings. The van der Waals surface area contributed by atoms with Crippen molar-refractivity contribution in [1.82, 2.24) is 4.90 Å². The van der Waals surface area contributed by atoms with E-state index in [0.717, 1.165) is 19.6 Å². The molecule has 0 N–H and O–H groups in total. The molecule has 2 rings (SSSR count). The molecule has 1 fully saturated rings. The molecule has 0 aliphatic carbocycles. The van der Waals surface area contributed by atoms with E-state index in [1.165, 1.54) is 12.7 Å². The summed E-state index contributed by atoms with van der Waals surface area (Å²) < 4.78 is 4.85. The molecule has 1 aromatic carbocycles. The van der Waals surface area contributed by atoms with E-state index >= 15 is 0 Å². The van der Waals surface area contributed by atoms with Crippen LogP contribution in [0.15, 0.2) is 30.3 Å². The third-order valence-electron chi connectivity index (χ3n) is 3.18. The highest BCUT2D eigenvalue weighted by Crippen LogP contribution is 2.34. The lowest BCUT2D eigenvalue weighted by Crippen LogP contribution is -2.61. The number of rotatable bonds is 4. The average molecular weight is 298 g/mol. The highest BCUT2D eigenvalue weighted by Gasteiger charge is 2.49. The molecule has 3 nitrogen and oxygen atoms in total. The normalized spacial score (nSPS) is 18.5. The van der Waals surface area contributed by atoms with Crippen LogP contribution in [0.25, 0.3) is 0 Å². The molecule has 1 saturated heterocycles. The predicted octanol–water partition coefficient (Wildman–Crippen LogP) is 2.06. The summed E-state index contributed by atoms with van der Waals surface area (Å²) >= 11 is 3.41. The molecule has 1 heterocycles. The van der Waals surface area contributed by atoms with Crippen molar-refractivity contribution in [1.29, 1.82) is 0 Å². The molecule has 0 bridgehead atoms. The Morgan fingerprint density at radius 2 is 2.06 bits per heavy atom. The molecule has 92 valence electrons. The minimum Gasteiger partial charge on any atom is -0.468 e. The van der Waals surface area contributed by atoms with Crippen LogP contribution in [0.5, 0.6) is 0 Å². The summed E-state index contributed by atoms with van der Waals surface area (Å²) in [6.45, 7) is 2.42. The monoisotopic (exact) mass is 297 g/mol. The summed E-state index contributed by atoms with van der Waals surface area (Å²) in [6.07, 6.45) is 0. The second kappa shape index (κ2) is 5.19. The van der Waals surface area contributed by atoms with Crippen LogP contribution in [-0.4, -0.2) is 36.4 Å². The number of methoxy groups -OCH3 is 1. The van der Waals surface area contributed by atoms with Gasteiger partial charge in [0.25, 0.3) is 0 Å². The van der Waals surface area contributed by atoms with E-state index in [1.54, 1.807) is 0 Å². The van der Waals surface area contributed by atoms with Crippen LogP contribution in [0, 0.1) is 5.41 Å². The molecule has 0 unspecified atom stereocenters. The maximum absolute atomic E-state index is 11.7. The van der Waals surface area contributed by atoms with Gasteiger partial charge in [0.1, 0.15) is 5.41 Å². The standard InChI is InChI=1S/C13H16BrNO2/c1-17-12(16)13(8-14)9-15(10-13)7-11-5-3-2-4-6-11/h2-6H,7-10H2,1H3. The lowest BCUT2D eigenvalue weighted by atomic mass is 9.81. The average Bonchev–Trinajstić information content (AvgIpc) is 2.33. The molecule has 0 amide bonds. The van der Waals surface area contributed by atoms with E-state index in [0.29, 0.717) is 5.33 Å². The topological polar surface area (TPSA) is 29.5 Å². The summed E-state index contributed by atoms with van der Waals surface area (Å²) in [5, 5.41) is 0.665. The molecular formula is C13H16BrNO2. The van der Waals surface area contributed by atoms with Gasteiger partial charge in [0, 0.05) is 25.0 Å². The summed E-state index contributed by atoms with van der Waals surface area (Å²) in [5.41, 5.74) is 0.935. The number of benzene rings is 1. The van der Waals surface area contributed by atoms with Crippen molar-refractivity contribution >= 4 is 21.9 Å². The Kier molecular flexibility index (Phi) is 3.84. The zero-order chi connectivity index (χ0) is 12.3. The third-order valence-corrected chi connectivity index (χ3v) is 4.25. The smallest absolute Gasteiger partial charge is 0.315 e. The predicted molar refractivity (Wildman–Crippen MR) is 70.0 cm³/mol. The zero-order valence-electron chi connectivity index (χ0n) is 9.86.